The van der Waals surface area contributed by atoms with Crippen molar-refractivity contribution in [3.05, 3.63) is 106 Å². The molecule has 1 aromatic heterocycles. The van der Waals surface area contributed by atoms with E-state index in [2.05, 4.69) is 18.7 Å². The molecule has 0 saturated carbocycles. The topological polar surface area (TPSA) is 28.9 Å². The average molecular weight is 642 g/mol. The van der Waals surface area contributed by atoms with Gasteiger partial charge in [0.05, 0.1) is 15.3 Å². The van der Waals surface area contributed by atoms with Crippen LogP contribution in [0.2, 0.25) is 0 Å². The van der Waals surface area contributed by atoms with Gasteiger partial charge in [0.25, 0.3) is 12.7 Å². The van der Waals surface area contributed by atoms with Gasteiger partial charge in [0, 0.05) is 45.6 Å². The number of fused-ring (bicyclic) bond motifs is 5. The maximum atomic E-state index is 10.3. The number of hydrogen-bond donors (Lipinski definition) is 0. The van der Waals surface area contributed by atoms with E-state index in [1.54, 1.807) is 6.92 Å². The van der Waals surface area contributed by atoms with Crippen molar-refractivity contribution in [3.8, 4) is 11.7 Å². The second-order valence-electron chi connectivity index (χ2n) is 16.4. The van der Waals surface area contributed by atoms with Crippen molar-refractivity contribution < 1.29 is 18.7 Å². The molecule has 244 valence electrons. The third-order valence-corrected chi connectivity index (χ3v) is 9.82. The van der Waals surface area contributed by atoms with Crippen molar-refractivity contribution in [1.29, 1.82) is 0 Å². The van der Waals surface area contributed by atoms with Crippen molar-refractivity contribution in [2.45, 2.75) is 92.4 Å². The maximum absolute atomic E-state index is 10.3. The van der Waals surface area contributed by atoms with Crippen molar-refractivity contribution in [2.75, 3.05) is 16.3 Å². The van der Waals surface area contributed by atoms with Crippen LogP contribution in [-0.4, -0.2) is 13.3 Å². The molecule has 0 saturated heterocycles. The van der Waals surface area contributed by atoms with Crippen LogP contribution in [0.3, 0.4) is 0 Å². The Bertz CT molecular complexity index is 2490. The van der Waals surface area contributed by atoms with Crippen LogP contribution in [0.15, 0.2) is 77.0 Å². The van der Waals surface area contributed by atoms with Crippen LogP contribution < -0.4 is 30.9 Å². The lowest BCUT2D eigenvalue weighted by molar-refractivity contribution is 0.309. The number of para-hydroxylation sites is 1. The summed E-state index contributed by atoms with van der Waals surface area (Å²) in [5.41, 5.74) is 5.17. The number of benzene rings is 4. The molecule has 0 fully saturated rings. The van der Waals surface area contributed by atoms with E-state index < -0.39 is 23.0 Å². The highest BCUT2D eigenvalue weighted by Crippen LogP contribution is 2.50. The van der Waals surface area contributed by atoms with Gasteiger partial charge >= 0.3 is 0 Å². The molecule has 4 nitrogen and oxygen atoms in total. The smallest absolute Gasteiger partial charge is 0.284 e. The fourth-order valence-corrected chi connectivity index (χ4v) is 7.43. The zero-order valence-corrected chi connectivity index (χ0v) is 29.9. The van der Waals surface area contributed by atoms with Gasteiger partial charge in [-0.2, -0.15) is 0 Å². The van der Waals surface area contributed by atoms with E-state index in [1.165, 1.54) is 0 Å². The first-order valence-corrected chi connectivity index (χ1v) is 16.9. The molecule has 3 aliphatic rings. The standard InChI is InChI=1S/C43H47BN2O2/c1-25-17-35-38-36(18-25)47-40-32(23-37(48-40)42(7,8)9)44(38)31-22-33-30(43(10,11)24-45(33)29-15-13-12-14-16-29)21-34(31)46(35)39-26(2)19-28(20-27(39)3)41(4,5)6/h12-23H,24H2,1-11H3/i17D,18D,19D,20D,21D,22D,23D. The first-order valence-electron chi connectivity index (χ1n) is 20.4. The Kier molecular flexibility index (Phi) is 5.01. The maximum Gasteiger partial charge on any atom is 0.284 e. The monoisotopic (exact) mass is 641 g/mol. The SMILES string of the molecule is [2H]c1c(C)c([2H])c2c3c1Oc1oc(C(C)(C)C)c([2H])c1B3c1c([2H])c3c(c([2H])c1N2c1c(C)c([2H])c(C(C)(C)C)c([2H])c1C)C(C)(C)CN3c1ccccc1. The zero-order chi connectivity index (χ0) is 40.2. The highest BCUT2D eigenvalue weighted by atomic mass is 16.6. The van der Waals surface area contributed by atoms with Crippen molar-refractivity contribution in [3.63, 3.8) is 0 Å². The molecule has 48 heavy (non-hydrogen) atoms. The molecule has 0 amide bonds. The molecule has 0 bridgehead atoms. The predicted octanol–water partition coefficient (Wildman–Crippen LogP) is 9.63. The highest BCUT2D eigenvalue weighted by Gasteiger charge is 2.47. The van der Waals surface area contributed by atoms with Gasteiger partial charge in [0.1, 0.15) is 11.5 Å². The lowest BCUT2D eigenvalue weighted by atomic mass is 9.34. The Balaban J connectivity index is 1.60. The molecule has 5 heteroatoms. The van der Waals surface area contributed by atoms with Crippen LogP contribution in [0.5, 0.6) is 11.7 Å². The van der Waals surface area contributed by atoms with Gasteiger partial charge in [-0.15, -0.1) is 0 Å². The van der Waals surface area contributed by atoms with Crippen LogP contribution in [0.4, 0.5) is 28.4 Å². The number of hydrogen-bond acceptors (Lipinski definition) is 4. The van der Waals surface area contributed by atoms with Crippen LogP contribution in [0, 0.1) is 20.8 Å². The molecule has 0 spiro atoms. The minimum atomic E-state index is -0.884. The lowest BCUT2D eigenvalue weighted by Gasteiger charge is -2.41. The first kappa shape index (κ1) is 23.9. The molecule has 0 unspecified atom stereocenters. The van der Waals surface area contributed by atoms with Crippen LogP contribution in [0.25, 0.3) is 0 Å². The van der Waals surface area contributed by atoms with E-state index in [9.17, 15) is 9.60 Å². The summed E-state index contributed by atoms with van der Waals surface area (Å²) in [6, 6.07) is 10.8. The van der Waals surface area contributed by atoms with Gasteiger partial charge in [-0.1, -0.05) is 85.7 Å². The normalized spacial score (nSPS) is 18.0. The van der Waals surface area contributed by atoms with Gasteiger partial charge in [-0.3, -0.25) is 0 Å². The molecule has 5 aromatic rings. The van der Waals surface area contributed by atoms with E-state index in [0.29, 0.717) is 79.3 Å². The molecular weight excluding hydrogens is 587 g/mol. The number of ether oxygens (including phenoxy) is 1. The summed E-state index contributed by atoms with van der Waals surface area (Å²) in [5.74, 6) is 0.661. The Morgan fingerprint density at radius 1 is 0.771 bits per heavy atom. The quantitative estimate of drug-likeness (QED) is 0.176. The first-order chi connectivity index (χ1) is 25.5. The van der Waals surface area contributed by atoms with Gasteiger partial charge in [0.15, 0.2) is 0 Å². The number of furan rings is 1. The molecule has 4 heterocycles. The molecule has 0 N–H and O–H groups in total. The predicted molar refractivity (Wildman–Crippen MR) is 203 cm³/mol. The third kappa shape index (κ3) is 4.57. The van der Waals surface area contributed by atoms with Crippen molar-refractivity contribution in [1.82, 2.24) is 0 Å². The third-order valence-electron chi connectivity index (χ3n) is 9.82. The minimum absolute atomic E-state index is 0.00718. The summed E-state index contributed by atoms with van der Waals surface area (Å²) in [4.78, 5) is 3.94. The number of nitrogens with zero attached hydrogens (tertiary/aromatic N) is 2. The van der Waals surface area contributed by atoms with Crippen LogP contribution >= 0.6 is 0 Å². The summed E-state index contributed by atoms with van der Waals surface area (Å²) in [5, 5.41) is 0. The fraction of sp³-hybridized carbons (Fsp3) is 0.349. The molecule has 0 radical (unpaired) electrons. The number of anilines is 5. The molecule has 3 aliphatic heterocycles. The Labute approximate surface area is 296 Å². The van der Waals surface area contributed by atoms with E-state index in [-0.39, 0.29) is 54.0 Å². The van der Waals surface area contributed by atoms with E-state index >= 15 is 0 Å². The van der Waals surface area contributed by atoms with Gasteiger partial charge in [0.2, 0.25) is 0 Å². The van der Waals surface area contributed by atoms with E-state index in [1.807, 2.05) is 90.6 Å². The summed E-state index contributed by atoms with van der Waals surface area (Å²) in [6.45, 7) is 21.1. The van der Waals surface area contributed by atoms with Crippen molar-refractivity contribution >= 4 is 51.5 Å². The summed E-state index contributed by atoms with van der Waals surface area (Å²) in [6.07, 6.45) is 0. The lowest BCUT2D eigenvalue weighted by Crippen LogP contribution is -2.59. The van der Waals surface area contributed by atoms with E-state index in [0.717, 1.165) is 5.69 Å². The van der Waals surface area contributed by atoms with Crippen LogP contribution in [0.1, 0.15) is 98.6 Å². The van der Waals surface area contributed by atoms with E-state index in [4.69, 9.17) is 9.15 Å². The van der Waals surface area contributed by atoms with Gasteiger partial charge < -0.3 is 19.0 Å². The van der Waals surface area contributed by atoms with Crippen molar-refractivity contribution in [2.24, 2.45) is 0 Å². The molecule has 8 rings (SSSR count). The summed E-state index contributed by atoms with van der Waals surface area (Å²) in [7, 11) is 0. The second-order valence-corrected chi connectivity index (χ2v) is 16.4. The molecule has 0 atom stereocenters. The van der Waals surface area contributed by atoms with Crippen LogP contribution in [-0.2, 0) is 16.2 Å². The molecular formula is C43H47BN2O2. The Morgan fingerprint density at radius 2 is 1.46 bits per heavy atom. The zero-order valence-electron chi connectivity index (χ0n) is 36.9. The van der Waals surface area contributed by atoms with Gasteiger partial charge in [-0.05, 0) is 107 Å². The highest BCUT2D eigenvalue weighted by molar-refractivity contribution is 6.99. The summed E-state index contributed by atoms with van der Waals surface area (Å²) < 4.78 is 81.2. The number of rotatable bonds is 2. The Morgan fingerprint density at radius 3 is 2.10 bits per heavy atom. The van der Waals surface area contributed by atoms with Gasteiger partial charge in [-0.25, -0.2) is 0 Å². The Hall–Kier alpha value is -4.38. The molecule has 0 aliphatic carbocycles. The average Bonchev–Trinajstić information content (AvgIpc) is 3.60. The fourth-order valence-electron chi connectivity index (χ4n) is 7.43. The molecule has 4 aromatic carbocycles. The second kappa shape index (κ2) is 10.1. The summed E-state index contributed by atoms with van der Waals surface area (Å²) >= 11 is 0. The largest absolute Gasteiger partial charge is 0.430 e. The minimum Gasteiger partial charge on any atom is -0.430 e.